The van der Waals surface area contributed by atoms with Gasteiger partial charge in [-0.1, -0.05) is 0 Å². The van der Waals surface area contributed by atoms with E-state index in [1.807, 2.05) is 0 Å². The number of nitrogens with zero attached hydrogens (tertiary/aromatic N) is 6. The minimum absolute atomic E-state index is 0.115. The van der Waals surface area contributed by atoms with Gasteiger partial charge in [0.25, 0.3) is 0 Å². The molecule has 0 fully saturated rings. The van der Waals surface area contributed by atoms with Crippen molar-refractivity contribution in [1.82, 2.24) is 24.7 Å². The van der Waals surface area contributed by atoms with Crippen LogP contribution in [0.1, 0.15) is 29.4 Å². The molecule has 4 heterocycles. The molecule has 1 atom stereocenters. The van der Waals surface area contributed by atoms with Crippen molar-refractivity contribution in [3.63, 3.8) is 0 Å². The van der Waals surface area contributed by atoms with E-state index in [-0.39, 0.29) is 24.2 Å². The molecule has 2 N–H and O–H groups in total. The van der Waals surface area contributed by atoms with Crippen LogP contribution in [0.15, 0.2) is 24.7 Å². The van der Waals surface area contributed by atoms with Crippen molar-refractivity contribution in [3.05, 3.63) is 47.2 Å². The van der Waals surface area contributed by atoms with Crippen molar-refractivity contribution in [2.24, 2.45) is 0 Å². The Kier molecular flexibility index (Phi) is 6.02. The third-order valence-electron chi connectivity index (χ3n) is 5.49. The summed E-state index contributed by atoms with van der Waals surface area (Å²) in [5, 5.41) is 10.2. The van der Waals surface area contributed by atoms with E-state index in [0.29, 0.717) is 35.3 Å². The number of methoxy groups -OCH3 is 1. The van der Waals surface area contributed by atoms with Gasteiger partial charge >= 0.3 is 6.18 Å². The zero-order valence-electron chi connectivity index (χ0n) is 18.9. The predicted octanol–water partition coefficient (Wildman–Crippen LogP) is 2.84. The van der Waals surface area contributed by atoms with Crippen LogP contribution in [0.5, 0.6) is 5.75 Å². The van der Waals surface area contributed by atoms with Crippen LogP contribution in [0.2, 0.25) is 0 Å². The Balaban J connectivity index is 1.44. The molecule has 4 rings (SSSR count). The summed E-state index contributed by atoms with van der Waals surface area (Å²) in [7, 11) is 2.97. The number of carbonyl (C=O) groups excluding carboxylic acids is 1. The fourth-order valence-electron chi connectivity index (χ4n) is 3.52. The number of rotatable bonds is 6. The van der Waals surface area contributed by atoms with Crippen LogP contribution in [-0.2, 0) is 24.1 Å². The number of likely N-dealkylation sites (N-methyl/N-ethyl adjacent to an activating group) is 1. The zero-order valence-corrected chi connectivity index (χ0v) is 18.9. The molecule has 0 aromatic carbocycles. The molecule has 3 aromatic rings. The average molecular weight is 476 g/mol. The minimum Gasteiger partial charge on any atom is -0.494 e. The van der Waals surface area contributed by atoms with E-state index in [0.717, 1.165) is 11.8 Å². The predicted molar refractivity (Wildman–Crippen MR) is 118 cm³/mol. The van der Waals surface area contributed by atoms with Crippen molar-refractivity contribution in [2.75, 3.05) is 29.7 Å². The summed E-state index contributed by atoms with van der Waals surface area (Å²) < 4.78 is 45.4. The summed E-state index contributed by atoms with van der Waals surface area (Å²) in [6, 6.07) is 0.946. The molecular formula is C21H23F3N8O2. The summed E-state index contributed by atoms with van der Waals surface area (Å²) in [6.45, 7) is 4.18. The largest absolute Gasteiger partial charge is 0.494 e. The van der Waals surface area contributed by atoms with Gasteiger partial charge in [-0.25, -0.2) is 9.97 Å². The number of aromatic nitrogens is 5. The van der Waals surface area contributed by atoms with E-state index in [1.54, 1.807) is 42.9 Å². The van der Waals surface area contributed by atoms with Crippen molar-refractivity contribution >= 4 is 23.4 Å². The topological polar surface area (TPSA) is 110 Å². The van der Waals surface area contributed by atoms with Crippen LogP contribution in [0.25, 0.3) is 0 Å². The standard InChI is InChI=1S/C21H23F3N8O2/c1-11-16-18(31(3)12(2)19(33)29-16)30-20(28-11)26-7-14-8-27-32(10-14)9-13-5-15(34-4)17(25-6-13)21(22,23)24/h5-6,8,10,12H,7,9H2,1-4H3,(H,29,33)(H,26,28,30)/t12-/m0/s1. The Morgan fingerprint density at radius 2 is 2.00 bits per heavy atom. The Morgan fingerprint density at radius 3 is 2.71 bits per heavy atom. The lowest BCUT2D eigenvalue weighted by Crippen LogP contribution is -2.44. The van der Waals surface area contributed by atoms with Gasteiger partial charge in [0, 0.05) is 31.5 Å². The molecule has 0 saturated carbocycles. The fourth-order valence-corrected chi connectivity index (χ4v) is 3.52. The van der Waals surface area contributed by atoms with Gasteiger partial charge in [0.15, 0.2) is 11.5 Å². The first-order valence-electron chi connectivity index (χ1n) is 10.3. The lowest BCUT2D eigenvalue weighted by Gasteiger charge is -2.32. The molecule has 0 radical (unpaired) electrons. The molecule has 10 nitrogen and oxygen atoms in total. The van der Waals surface area contributed by atoms with Crippen molar-refractivity contribution in [2.45, 2.75) is 39.2 Å². The fraction of sp³-hybridized carbons (Fsp3) is 0.381. The van der Waals surface area contributed by atoms with Crippen molar-refractivity contribution < 1.29 is 22.7 Å². The number of fused-ring (bicyclic) bond motifs is 1. The Morgan fingerprint density at radius 1 is 1.24 bits per heavy atom. The summed E-state index contributed by atoms with van der Waals surface area (Å²) in [5.41, 5.74) is 1.49. The van der Waals surface area contributed by atoms with Gasteiger partial charge in [0.1, 0.15) is 17.5 Å². The second-order valence-corrected chi connectivity index (χ2v) is 7.90. The molecule has 0 spiro atoms. The van der Waals surface area contributed by atoms with E-state index in [9.17, 15) is 18.0 Å². The Labute approximate surface area is 193 Å². The number of alkyl halides is 3. The van der Waals surface area contributed by atoms with E-state index >= 15 is 0 Å². The molecule has 0 unspecified atom stereocenters. The molecule has 3 aromatic heterocycles. The summed E-state index contributed by atoms with van der Waals surface area (Å²) >= 11 is 0. The number of ether oxygens (including phenoxy) is 1. The Hall–Kier alpha value is -3.90. The number of halogens is 3. The number of anilines is 3. The molecule has 34 heavy (non-hydrogen) atoms. The van der Waals surface area contributed by atoms with Crippen LogP contribution < -0.4 is 20.3 Å². The lowest BCUT2D eigenvalue weighted by atomic mass is 10.2. The highest BCUT2D eigenvalue weighted by atomic mass is 19.4. The monoisotopic (exact) mass is 476 g/mol. The molecule has 0 aliphatic carbocycles. The van der Waals surface area contributed by atoms with E-state index < -0.39 is 11.9 Å². The highest BCUT2D eigenvalue weighted by molar-refractivity contribution is 6.03. The zero-order chi connectivity index (χ0) is 24.6. The van der Waals surface area contributed by atoms with E-state index in [2.05, 4.69) is 30.7 Å². The molecule has 1 aliphatic heterocycles. The molecule has 1 amide bonds. The van der Waals surface area contributed by atoms with Crippen LogP contribution in [0, 0.1) is 6.92 Å². The number of hydrogen-bond donors (Lipinski definition) is 2. The second kappa shape index (κ2) is 8.80. The third kappa shape index (κ3) is 4.58. The minimum atomic E-state index is -4.59. The normalized spacial score (nSPS) is 15.7. The van der Waals surface area contributed by atoms with Crippen LogP contribution >= 0.6 is 0 Å². The van der Waals surface area contributed by atoms with Gasteiger partial charge in [0.05, 0.1) is 25.5 Å². The van der Waals surface area contributed by atoms with E-state index in [4.69, 9.17) is 4.74 Å². The molecular weight excluding hydrogens is 453 g/mol. The van der Waals surface area contributed by atoms with Gasteiger partial charge in [-0.15, -0.1) is 0 Å². The van der Waals surface area contributed by atoms with Crippen LogP contribution in [-0.4, -0.2) is 50.8 Å². The van der Waals surface area contributed by atoms with Crippen molar-refractivity contribution in [1.29, 1.82) is 0 Å². The molecule has 1 aliphatic rings. The van der Waals surface area contributed by atoms with Gasteiger partial charge in [-0.05, 0) is 25.5 Å². The van der Waals surface area contributed by atoms with Crippen molar-refractivity contribution in [3.8, 4) is 5.75 Å². The van der Waals surface area contributed by atoms with Gasteiger partial charge in [-0.3, -0.25) is 9.48 Å². The molecule has 0 saturated heterocycles. The molecule has 0 bridgehead atoms. The summed E-state index contributed by atoms with van der Waals surface area (Å²) in [6.07, 6.45) is -0.0345. The second-order valence-electron chi connectivity index (χ2n) is 7.90. The smallest absolute Gasteiger partial charge is 0.437 e. The lowest BCUT2D eigenvalue weighted by molar-refractivity contribution is -0.142. The molecule has 13 heteroatoms. The molecule has 180 valence electrons. The quantitative estimate of drug-likeness (QED) is 0.559. The number of aryl methyl sites for hydroxylation is 1. The maximum atomic E-state index is 13.0. The van der Waals surface area contributed by atoms with E-state index in [1.165, 1.54) is 13.2 Å². The highest BCUT2D eigenvalue weighted by Crippen LogP contribution is 2.35. The highest BCUT2D eigenvalue weighted by Gasteiger charge is 2.36. The van der Waals surface area contributed by atoms with Gasteiger partial charge in [-0.2, -0.15) is 23.3 Å². The summed E-state index contributed by atoms with van der Waals surface area (Å²) in [5.74, 6) is 0.572. The summed E-state index contributed by atoms with van der Waals surface area (Å²) in [4.78, 5) is 26.3. The van der Waals surface area contributed by atoms with Gasteiger partial charge < -0.3 is 20.3 Å². The maximum Gasteiger partial charge on any atom is 0.437 e. The van der Waals surface area contributed by atoms with Gasteiger partial charge in [0.2, 0.25) is 11.9 Å². The SMILES string of the molecule is COc1cc(Cn2cc(CNc3nc(C)c4c(n3)N(C)[C@@H](C)C(=O)N4)cn2)cnc1C(F)(F)F. The first-order chi connectivity index (χ1) is 16.1. The number of nitrogens with one attached hydrogen (secondary N) is 2. The number of pyridine rings is 1. The number of amides is 1. The van der Waals surface area contributed by atoms with Crippen LogP contribution in [0.3, 0.4) is 0 Å². The number of carbonyl (C=O) groups is 1. The third-order valence-corrected chi connectivity index (χ3v) is 5.49. The maximum absolute atomic E-state index is 13.0. The average Bonchev–Trinajstić information content (AvgIpc) is 3.23. The first-order valence-corrected chi connectivity index (χ1v) is 10.3. The van der Waals surface area contributed by atoms with Crippen LogP contribution in [0.4, 0.5) is 30.6 Å². The Bertz CT molecular complexity index is 1230. The number of hydrogen-bond acceptors (Lipinski definition) is 8. The first kappa shape index (κ1) is 23.3.